The molecule has 0 bridgehead atoms. The predicted octanol–water partition coefficient (Wildman–Crippen LogP) is 1.77. The highest BCUT2D eigenvalue weighted by Crippen LogP contribution is 2.37. The highest BCUT2D eigenvalue weighted by atomic mass is 16.6. The molecular weight excluding hydrogens is 270 g/mol. The molecule has 0 atom stereocenters. The number of carbonyl (C=O) groups is 1. The summed E-state index contributed by atoms with van der Waals surface area (Å²) in [5.41, 5.74) is 6.44. The molecule has 1 saturated carbocycles. The zero-order chi connectivity index (χ0) is 15.3. The zero-order valence-electron chi connectivity index (χ0n) is 12.0. The van der Waals surface area contributed by atoms with Gasteiger partial charge in [-0.25, -0.2) is 0 Å². The molecule has 0 unspecified atom stereocenters. The number of nitro benzene ring substituents is 1. The van der Waals surface area contributed by atoms with E-state index in [2.05, 4.69) is 5.32 Å². The van der Waals surface area contributed by atoms with Crippen LogP contribution in [0.15, 0.2) is 24.3 Å². The average molecular weight is 291 g/mol. The van der Waals surface area contributed by atoms with Gasteiger partial charge in [0.2, 0.25) is 5.91 Å². The van der Waals surface area contributed by atoms with Crippen molar-refractivity contribution in [3.8, 4) is 0 Å². The van der Waals surface area contributed by atoms with Crippen LogP contribution in [0.1, 0.15) is 31.2 Å². The molecule has 1 amide bonds. The Hall–Kier alpha value is -1.95. The Morgan fingerprint density at radius 3 is 2.43 bits per heavy atom. The largest absolute Gasteiger partial charge is 0.355 e. The Morgan fingerprint density at radius 1 is 1.29 bits per heavy atom. The molecule has 6 nitrogen and oxygen atoms in total. The van der Waals surface area contributed by atoms with Crippen LogP contribution in [0.5, 0.6) is 0 Å². The number of non-ortho nitro benzene ring substituents is 1. The lowest BCUT2D eigenvalue weighted by Crippen LogP contribution is -2.44. The molecule has 3 N–H and O–H groups in total. The average Bonchev–Trinajstić information content (AvgIpc) is 2.98. The molecule has 114 valence electrons. The number of rotatable bonds is 6. The molecule has 1 fully saturated rings. The third kappa shape index (κ3) is 3.58. The van der Waals surface area contributed by atoms with Gasteiger partial charge in [-0.1, -0.05) is 25.0 Å². The first kappa shape index (κ1) is 15.4. The van der Waals surface area contributed by atoms with Crippen LogP contribution in [0.3, 0.4) is 0 Å². The van der Waals surface area contributed by atoms with Crippen molar-refractivity contribution >= 4 is 11.6 Å². The molecule has 6 heteroatoms. The molecule has 2 rings (SSSR count). The number of hydrogen-bond acceptors (Lipinski definition) is 4. The number of nitrogens with zero attached hydrogens (tertiary/aromatic N) is 1. The molecule has 0 radical (unpaired) electrons. The van der Waals surface area contributed by atoms with Crippen LogP contribution in [-0.4, -0.2) is 23.9 Å². The van der Waals surface area contributed by atoms with E-state index in [1.165, 1.54) is 12.1 Å². The van der Waals surface area contributed by atoms with Crippen molar-refractivity contribution in [3.63, 3.8) is 0 Å². The second-order valence-electron chi connectivity index (χ2n) is 5.62. The van der Waals surface area contributed by atoms with E-state index in [0.29, 0.717) is 19.5 Å². The molecule has 1 aromatic rings. The third-order valence-corrected chi connectivity index (χ3v) is 4.28. The van der Waals surface area contributed by atoms with Crippen molar-refractivity contribution in [1.29, 1.82) is 0 Å². The summed E-state index contributed by atoms with van der Waals surface area (Å²) in [6, 6.07) is 6.40. The van der Waals surface area contributed by atoms with E-state index in [1.807, 2.05) is 0 Å². The van der Waals surface area contributed by atoms with Gasteiger partial charge in [-0.05, 0) is 24.8 Å². The first-order chi connectivity index (χ1) is 10.1. The standard InChI is InChI=1S/C15H21N3O3/c16-11-15(8-1-2-9-15)14(19)17-10-7-12-3-5-13(6-4-12)18(20)21/h3-6H,1-2,7-11,16H2,(H,17,19). The van der Waals surface area contributed by atoms with Gasteiger partial charge in [-0.15, -0.1) is 0 Å². The van der Waals surface area contributed by atoms with Crippen LogP contribution in [0, 0.1) is 15.5 Å². The fraction of sp³-hybridized carbons (Fsp3) is 0.533. The number of nitrogens with two attached hydrogens (primary N) is 1. The van der Waals surface area contributed by atoms with Crippen LogP contribution >= 0.6 is 0 Å². The molecule has 0 spiro atoms. The molecule has 1 aliphatic rings. The topological polar surface area (TPSA) is 98.3 Å². The van der Waals surface area contributed by atoms with E-state index < -0.39 is 4.92 Å². The van der Waals surface area contributed by atoms with Gasteiger partial charge in [0.15, 0.2) is 0 Å². The van der Waals surface area contributed by atoms with Gasteiger partial charge in [0, 0.05) is 25.2 Å². The number of nitrogens with one attached hydrogen (secondary N) is 1. The van der Waals surface area contributed by atoms with Crippen LogP contribution in [0.4, 0.5) is 5.69 Å². The van der Waals surface area contributed by atoms with Gasteiger partial charge in [0.25, 0.3) is 5.69 Å². The molecule has 0 saturated heterocycles. The lowest BCUT2D eigenvalue weighted by atomic mass is 9.85. The normalized spacial score (nSPS) is 16.6. The van der Waals surface area contributed by atoms with Crippen molar-refractivity contribution in [2.24, 2.45) is 11.1 Å². The van der Waals surface area contributed by atoms with E-state index >= 15 is 0 Å². The van der Waals surface area contributed by atoms with Gasteiger partial charge in [0.05, 0.1) is 10.3 Å². The Balaban J connectivity index is 1.83. The van der Waals surface area contributed by atoms with Gasteiger partial charge in [-0.3, -0.25) is 14.9 Å². The Morgan fingerprint density at radius 2 is 1.90 bits per heavy atom. The number of hydrogen-bond donors (Lipinski definition) is 2. The minimum absolute atomic E-state index is 0.0458. The highest BCUT2D eigenvalue weighted by Gasteiger charge is 2.39. The second kappa shape index (κ2) is 6.67. The fourth-order valence-electron chi connectivity index (χ4n) is 2.87. The van der Waals surface area contributed by atoms with Crippen LogP contribution in [0.2, 0.25) is 0 Å². The summed E-state index contributed by atoms with van der Waals surface area (Å²) in [4.78, 5) is 22.4. The van der Waals surface area contributed by atoms with Crippen molar-refractivity contribution < 1.29 is 9.72 Å². The number of nitro groups is 1. The maximum Gasteiger partial charge on any atom is 0.269 e. The highest BCUT2D eigenvalue weighted by molar-refractivity contribution is 5.83. The smallest absolute Gasteiger partial charge is 0.269 e. The first-order valence-electron chi connectivity index (χ1n) is 7.29. The van der Waals surface area contributed by atoms with Crippen molar-refractivity contribution in [3.05, 3.63) is 39.9 Å². The van der Waals surface area contributed by atoms with Crippen molar-refractivity contribution in [2.75, 3.05) is 13.1 Å². The SMILES string of the molecule is NCC1(C(=O)NCCc2ccc([N+](=O)[O-])cc2)CCCC1. The van der Waals surface area contributed by atoms with E-state index in [1.54, 1.807) is 12.1 Å². The summed E-state index contributed by atoms with van der Waals surface area (Å²) in [7, 11) is 0. The summed E-state index contributed by atoms with van der Waals surface area (Å²) in [6.45, 7) is 0.925. The monoisotopic (exact) mass is 291 g/mol. The summed E-state index contributed by atoms with van der Waals surface area (Å²) < 4.78 is 0. The lowest BCUT2D eigenvalue weighted by molar-refractivity contribution is -0.384. The zero-order valence-corrected chi connectivity index (χ0v) is 12.0. The minimum Gasteiger partial charge on any atom is -0.355 e. The number of amides is 1. The van der Waals surface area contributed by atoms with E-state index in [4.69, 9.17) is 5.73 Å². The maximum absolute atomic E-state index is 12.3. The second-order valence-corrected chi connectivity index (χ2v) is 5.62. The third-order valence-electron chi connectivity index (χ3n) is 4.28. The minimum atomic E-state index is -0.420. The van der Waals surface area contributed by atoms with E-state index in [9.17, 15) is 14.9 Å². The van der Waals surface area contributed by atoms with Crippen LogP contribution in [-0.2, 0) is 11.2 Å². The van der Waals surface area contributed by atoms with Crippen molar-refractivity contribution in [1.82, 2.24) is 5.32 Å². The van der Waals surface area contributed by atoms with Gasteiger partial charge < -0.3 is 11.1 Å². The summed E-state index contributed by atoms with van der Waals surface area (Å²) >= 11 is 0. The number of benzene rings is 1. The van der Waals surface area contributed by atoms with Crippen LogP contribution in [0.25, 0.3) is 0 Å². The Labute approximate surface area is 123 Å². The molecular formula is C15H21N3O3. The molecule has 1 aliphatic carbocycles. The molecule has 0 heterocycles. The Kier molecular flexibility index (Phi) is 4.90. The molecule has 0 aliphatic heterocycles. The predicted molar refractivity (Wildman–Crippen MR) is 79.8 cm³/mol. The molecule has 1 aromatic carbocycles. The Bertz CT molecular complexity index is 507. The maximum atomic E-state index is 12.3. The quantitative estimate of drug-likeness (QED) is 0.616. The van der Waals surface area contributed by atoms with Gasteiger partial charge in [0.1, 0.15) is 0 Å². The van der Waals surface area contributed by atoms with E-state index in [-0.39, 0.29) is 17.0 Å². The molecule has 0 aromatic heterocycles. The van der Waals surface area contributed by atoms with Gasteiger partial charge in [-0.2, -0.15) is 0 Å². The summed E-state index contributed by atoms with van der Waals surface area (Å²) in [6.07, 6.45) is 4.52. The number of carbonyl (C=O) groups excluding carboxylic acids is 1. The first-order valence-corrected chi connectivity index (χ1v) is 7.29. The summed E-state index contributed by atoms with van der Waals surface area (Å²) in [5, 5.41) is 13.5. The van der Waals surface area contributed by atoms with Crippen LogP contribution < -0.4 is 11.1 Å². The van der Waals surface area contributed by atoms with Gasteiger partial charge >= 0.3 is 0 Å². The lowest BCUT2D eigenvalue weighted by Gasteiger charge is -2.25. The summed E-state index contributed by atoms with van der Waals surface area (Å²) in [5.74, 6) is 0.0458. The van der Waals surface area contributed by atoms with E-state index in [0.717, 1.165) is 31.2 Å². The van der Waals surface area contributed by atoms with Crippen molar-refractivity contribution in [2.45, 2.75) is 32.1 Å². The fourth-order valence-corrected chi connectivity index (χ4v) is 2.87. The molecule has 21 heavy (non-hydrogen) atoms.